The first-order valence-corrected chi connectivity index (χ1v) is 15.2. The van der Waals surface area contributed by atoms with Crippen LogP contribution in [0.2, 0.25) is 18.1 Å². The van der Waals surface area contributed by atoms with Crippen LogP contribution in [0.5, 0.6) is 5.75 Å². The van der Waals surface area contributed by atoms with E-state index in [0.29, 0.717) is 18.0 Å². The predicted molar refractivity (Wildman–Crippen MR) is 131 cm³/mol. The van der Waals surface area contributed by atoms with E-state index in [0.717, 1.165) is 43.2 Å². The maximum absolute atomic E-state index is 12.9. The minimum atomic E-state index is -1.84. The van der Waals surface area contributed by atoms with E-state index in [4.69, 9.17) is 4.43 Å². The molecule has 0 amide bonds. The minimum Gasteiger partial charge on any atom is -0.508 e. The molecule has 1 N–H and O–H groups in total. The Balaban J connectivity index is 1.75. The largest absolute Gasteiger partial charge is 0.508 e. The van der Waals surface area contributed by atoms with Crippen LogP contribution in [0.25, 0.3) is 0 Å². The summed E-state index contributed by atoms with van der Waals surface area (Å²) in [5.41, 5.74) is 4.64. The Labute approximate surface area is 190 Å². The van der Waals surface area contributed by atoms with Gasteiger partial charge in [-0.3, -0.25) is 4.79 Å². The summed E-state index contributed by atoms with van der Waals surface area (Å²) in [5.74, 6) is 0.992. The number of fused-ring (bicyclic) bond motifs is 2. The molecule has 0 aromatic heterocycles. The lowest BCUT2D eigenvalue weighted by Crippen LogP contribution is -2.44. The SMILES string of the molecule is CCCCC[C@@H](CCC1=C2Cc3cccc(O)c3CC2CC1=O)O[Si](C)(C)C(C)(C)C. The van der Waals surface area contributed by atoms with Gasteiger partial charge in [-0.1, -0.05) is 64.7 Å². The van der Waals surface area contributed by atoms with Crippen molar-refractivity contribution in [1.29, 1.82) is 0 Å². The van der Waals surface area contributed by atoms with Gasteiger partial charge in [-0.05, 0) is 78.9 Å². The third kappa shape index (κ3) is 5.51. The van der Waals surface area contributed by atoms with E-state index in [-0.39, 0.29) is 17.1 Å². The van der Waals surface area contributed by atoms with Gasteiger partial charge in [0, 0.05) is 12.5 Å². The van der Waals surface area contributed by atoms with Crippen molar-refractivity contribution in [2.24, 2.45) is 5.92 Å². The van der Waals surface area contributed by atoms with Gasteiger partial charge in [-0.15, -0.1) is 0 Å². The summed E-state index contributed by atoms with van der Waals surface area (Å²) < 4.78 is 6.82. The molecule has 2 aliphatic carbocycles. The highest BCUT2D eigenvalue weighted by Crippen LogP contribution is 2.44. The quantitative estimate of drug-likeness (QED) is 0.327. The standard InChI is InChI=1S/C27H42O3Si/c1-7-8-9-12-21(30-31(5,6)27(2,3)4)14-15-22-23-16-19-11-10-13-25(28)24(19)17-20(23)18-26(22)29/h10-11,13,20-21,28H,7-9,12,14-18H2,1-6H3/t20?,21-/m0/s1. The van der Waals surface area contributed by atoms with E-state index in [1.165, 1.54) is 30.4 Å². The highest BCUT2D eigenvalue weighted by molar-refractivity contribution is 6.74. The van der Waals surface area contributed by atoms with Gasteiger partial charge in [0.15, 0.2) is 14.1 Å². The van der Waals surface area contributed by atoms with Crippen LogP contribution in [0, 0.1) is 5.92 Å². The summed E-state index contributed by atoms with van der Waals surface area (Å²) in [4.78, 5) is 12.9. The van der Waals surface area contributed by atoms with Crippen molar-refractivity contribution in [1.82, 2.24) is 0 Å². The van der Waals surface area contributed by atoms with Crippen molar-refractivity contribution >= 4 is 14.1 Å². The zero-order chi connectivity index (χ0) is 22.8. The van der Waals surface area contributed by atoms with Gasteiger partial charge < -0.3 is 9.53 Å². The van der Waals surface area contributed by atoms with Crippen LogP contribution in [0.15, 0.2) is 29.3 Å². The molecule has 0 aliphatic heterocycles. The fourth-order valence-corrected chi connectivity index (χ4v) is 6.32. The number of unbranched alkanes of at least 4 members (excludes halogenated alkanes) is 2. The van der Waals surface area contributed by atoms with Crippen LogP contribution in [-0.2, 0) is 22.1 Å². The second-order valence-electron chi connectivity index (χ2n) is 11.2. The number of phenolic OH excluding ortho intramolecular Hbond substituents is 1. The Morgan fingerprint density at radius 3 is 2.58 bits per heavy atom. The fourth-order valence-electron chi connectivity index (χ4n) is 4.90. The summed E-state index contributed by atoms with van der Waals surface area (Å²) in [5, 5.41) is 10.4. The van der Waals surface area contributed by atoms with Gasteiger partial charge in [-0.2, -0.15) is 0 Å². The number of carbonyl (C=O) groups is 1. The number of aromatic hydroxyl groups is 1. The molecule has 172 valence electrons. The van der Waals surface area contributed by atoms with E-state index in [1.54, 1.807) is 6.07 Å². The normalized spacial score (nSPS) is 20.1. The first kappa shape index (κ1) is 24.3. The third-order valence-electron chi connectivity index (χ3n) is 7.84. The van der Waals surface area contributed by atoms with E-state index >= 15 is 0 Å². The van der Waals surface area contributed by atoms with Crippen LogP contribution in [0.3, 0.4) is 0 Å². The number of phenols is 1. The maximum Gasteiger partial charge on any atom is 0.192 e. The van der Waals surface area contributed by atoms with Crippen molar-refractivity contribution < 1.29 is 14.3 Å². The molecule has 3 rings (SSSR count). The summed E-state index contributed by atoms with van der Waals surface area (Å²) in [6.07, 6.45) is 9.01. The molecule has 0 saturated carbocycles. The highest BCUT2D eigenvalue weighted by atomic mass is 28.4. The number of ketones is 1. The van der Waals surface area contributed by atoms with Gasteiger partial charge in [0.2, 0.25) is 0 Å². The molecule has 0 heterocycles. The minimum absolute atomic E-state index is 0.196. The molecule has 1 aromatic rings. The number of hydrogen-bond acceptors (Lipinski definition) is 3. The number of Topliss-reactive ketones (excluding diaryl/α,β-unsaturated/α-hetero) is 1. The molecule has 3 nitrogen and oxygen atoms in total. The summed E-state index contributed by atoms with van der Waals surface area (Å²) in [6.45, 7) is 13.8. The number of rotatable bonds is 9. The van der Waals surface area contributed by atoms with Gasteiger partial charge in [0.05, 0.1) is 0 Å². The average molecular weight is 443 g/mol. The molecule has 2 atom stereocenters. The van der Waals surface area contributed by atoms with Crippen LogP contribution in [-0.4, -0.2) is 25.3 Å². The molecular weight excluding hydrogens is 400 g/mol. The van der Waals surface area contributed by atoms with Gasteiger partial charge >= 0.3 is 0 Å². The second kappa shape index (κ2) is 9.62. The Bertz CT molecular complexity index is 831. The highest BCUT2D eigenvalue weighted by Gasteiger charge is 2.40. The lowest BCUT2D eigenvalue weighted by atomic mass is 9.80. The van der Waals surface area contributed by atoms with Gasteiger partial charge in [-0.25, -0.2) is 0 Å². The van der Waals surface area contributed by atoms with Crippen LogP contribution < -0.4 is 0 Å². The first-order chi connectivity index (χ1) is 14.5. The molecule has 0 radical (unpaired) electrons. The van der Waals surface area contributed by atoms with Crippen molar-refractivity contribution in [2.45, 2.75) is 110 Å². The Morgan fingerprint density at radius 2 is 1.90 bits per heavy atom. The average Bonchev–Trinajstić information content (AvgIpc) is 2.98. The molecule has 0 saturated heterocycles. The fraction of sp³-hybridized carbons (Fsp3) is 0.667. The van der Waals surface area contributed by atoms with Gasteiger partial charge in [0.1, 0.15) is 5.75 Å². The molecular formula is C27H42O3Si. The van der Waals surface area contributed by atoms with E-state index in [9.17, 15) is 9.90 Å². The lowest BCUT2D eigenvalue weighted by Gasteiger charge is -2.39. The first-order valence-electron chi connectivity index (χ1n) is 12.3. The zero-order valence-electron chi connectivity index (χ0n) is 20.5. The molecule has 1 aromatic carbocycles. The number of benzene rings is 1. The van der Waals surface area contributed by atoms with Crippen LogP contribution in [0.1, 0.15) is 83.8 Å². The van der Waals surface area contributed by atoms with E-state index in [1.807, 2.05) is 6.07 Å². The molecule has 31 heavy (non-hydrogen) atoms. The van der Waals surface area contributed by atoms with E-state index < -0.39 is 8.32 Å². The third-order valence-corrected chi connectivity index (χ3v) is 12.4. The molecule has 1 unspecified atom stereocenters. The Hall–Kier alpha value is -1.39. The molecule has 4 heteroatoms. The molecule has 0 fully saturated rings. The summed E-state index contributed by atoms with van der Waals surface area (Å²) in [7, 11) is -1.84. The van der Waals surface area contributed by atoms with E-state index in [2.05, 4.69) is 46.9 Å². The van der Waals surface area contributed by atoms with Crippen molar-refractivity contribution in [3.63, 3.8) is 0 Å². The summed E-state index contributed by atoms with van der Waals surface area (Å²) >= 11 is 0. The molecule has 0 spiro atoms. The topological polar surface area (TPSA) is 46.5 Å². The monoisotopic (exact) mass is 442 g/mol. The maximum atomic E-state index is 12.9. The smallest absolute Gasteiger partial charge is 0.192 e. The second-order valence-corrected chi connectivity index (χ2v) is 15.9. The van der Waals surface area contributed by atoms with Crippen molar-refractivity contribution in [3.05, 3.63) is 40.5 Å². The number of carbonyl (C=O) groups excluding carboxylic acids is 1. The van der Waals surface area contributed by atoms with Gasteiger partial charge in [0.25, 0.3) is 0 Å². The lowest BCUT2D eigenvalue weighted by molar-refractivity contribution is -0.115. The predicted octanol–water partition coefficient (Wildman–Crippen LogP) is 7.13. The molecule has 2 aliphatic rings. The summed E-state index contributed by atoms with van der Waals surface area (Å²) in [6, 6.07) is 5.79. The molecule has 0 bridgehead atoms. The number of allylic oxidation sites excluding steroid dienone is 2. The van der Waals surface area contributed by atoms with Crippen LogP contribution >= 0.6 is 0 Å². The van der Waals surface area contributed by atoms with Crippen LogP contribution in [0.4, 0.5) is 0 Å². The number of hydrogen-bond donors (Lipinski definition) is 1. The Morgan fingerprint density at radius 1 is 1.16 bits per heavy atom. The van der Waals surface area contributed by atoms with Crippen molar-refractivity contribution in [2.75, 3.05) is 0 Å². The zero-order valence-corrected chi connectivity index (χ0v) is 21.5. The Kier molecular flexibility index (Phi) is 7.53. The van der Waals surface area contributed by atoms with Crippen molar-refractivity contribution in [3.8, 4) is 5.75 Å².